The lowest BCUT2D eigenvalue weighted by atomic mass is 10.2. The van der Waals surface area contributed by atoms with Crippen LogP contribution in [0.3, 0.4) is 0 Å². The van der Waals surface area contributed by atoms with Crippen molar-refractivity contribution in [1.82, 2.24) is 0 Å². The standard InChI is InChI=1S/C16H12F2N2O2S/c17-9-5-6-12(10(18)7-9)20-15(21)8-14(16(20)22)23-13-4-2-1-3-11(13)19/h1-7,14H,8,19H2/t14-/m0/s1. The number of hydrogen-bond donors (Lipinski definition) is 1. The SMILES string of the molecule is Nc1ccccc1S[C@H]1CC(=O)N(c2ccc(F)cc2F)C1=O. The van der Waals surface area contributed by atoms with Crippen molar-refractivity contribution in [1.29, 1.82) is 0 Å². The van der Waals surface area contributed by atoms with E-state index in [-0.39, 0.29) is 12.1 Å². The van der Waals surface area contributed by atoms with Gasteiger partial charge in [-0.15, -0.1) is 11.8 Å². The Morgan fingerprint density at radius 1 is 1.13 bits per heavy atom. The van der Waals surface area contributed by atoms with Crippen molar-refractivity contribution >= 4 is 35.0 Å². The number of carbonyl (C=O) groups excluding carboxylic acids is 2. The normalized spacial score (nSPS) is 17.8. The number of benzene rings is 2. The molecule has 1 fully saturated rings. The lowest BCUT2D eigenvalue weighted by Crippen LogP contribution is -2.31. The van der Waals surface area contributed by atoms with Crippen LogP contribution in [0.4, 0.5) is 20.2 Å². The molecule has 1 atom stereocenters. The summed E-state index contributed by atoms with van der Waals surface area (Å²) in [6, 6.07) is 9.73. The van der Waals surface area contributed by atoms with Crippen molar-refractivity contribution < 1.29 is 18.4 Å². The molecule has 0 aromatic heterocycles. The maximum atomic E-state index is 13.9. The summed E-state index contributed by atoms with van der Waals surface area (Å²) in [6.07, 6.45) is -0.0609. The molecule has 0 radical (unpaired) electrons. The topological polar surface area (TPSA) is 63.4 Å². The van der Waals surface area contributed by atoms with Crippen molar-refractivity contribution in [3.05, 3.63) is 54.1 Å². The second kappa shape index (κ2) is 6.00. The number of amides is 2. The van der Waals surface area contributed by atoms with E-state index in [1.165, 1.54) is 0 Å². The summed E-state index contributed by atoms with van der Waals surface area (Å²) in [6.45, 7) is 0. The maximum Gasteiger partial charge on any atom is 0.247 e. The number of carbonyl (C=O) groups is 2. The van der Waals surface area contributed by atoms with E-state index >= 15 is 0 Å². The van der Waals surface area contributed by atoms with Gasteiger partial charge in [0, 0.05) is 23.1 Å². The lowest BCUT2D eigenvalue weighted by Gasteiger charge is -2.16. The summed E-state index contributed by atoms with van der Waals surface area (Å²) in [4.78, 5) is 26.0. The molecule has 118 valence electrons. The highest BCUT2D eigenvalue weighted by molar-refractivity contribution is 8.00. The molecule has 2 N–H and O–H groups in total. The van der Waals surface area contributed by atoms with Crippen molar-refractivity contribution in [3.8, 4) is 0 Å². The fourth-order valence-corrected chi connectivity index (χ4v) is 3.45. The largest absolute Gasteiger partial charge is 0.398 e. The van der Waals surface area contributed by atoms with Gasteiger partial charge in [0.2, 0.25) is 11.8 Å². The van der Waals surface area contributed by atoms with E-state index in [4.69, 9.17) is 5.73 Å². The van der Waals surface area contributed by atoms with E-state index in [9.17, 15) is 18.4 Å². The number of nitrogens with two attached hydrogens (primary N) is 1. The van der Waals surface area contributed by atoms with Gasteiger partial charge in [0.05, 0.1) is 10.9 Å². The Hall–Kier alpha value is -2.41. The Bertz CT molecular complexity index is 797. The summed E-state index contributed by atoms with van der Waals surface area (Å²) >= 11 is 1.16. The van der Waals surface area contributed by atoms with Gasteiger partial charge in [-0.05, 0) is 24.3 Å². The first-order chi connectivity index (χ1) is 11.0. The monoisotopic (exact) mass is 334 g/mol. The van der Waals surface area contributed by atoms with Gasteiger partial charge < -0.3 is 5.73 Å². The predicted octanol–water partition coefficient (Wildman–Crippen LogP) is 2.97. The molecule has 0 bridgehead atoms. The highest BCUT2D eigenvalue weighted by atomic mass is 32.2. The molecule has 1 aliphatic rings. The number of halogens is 2. The van der Waals surface area contributed by atoms with E-state index in [2.05, 4.69) is 0 Å². The number of para-hydroxylation sites is 1. The highest BCUT2D eigenvalue weighted by Gasteiger charge is 2.41. The third kappa shape index (κ3) is 2.92. The molecule has 0 aliphatic carbocycles. The lowest BCUT2D eigenvalue weighted by molar-refractivity contribution is -0.121. The molecular weight excluding hydrogens is 322 g/mol. The first kappa shape index (κ1) is 15.5. The predicted molar refractivity (Wildman–Crippen MR) is 84.0 cm³/mol. The fourth-order valence-electron chi connectivity index (χ4n) is 2.35. The van der Waals surface area contributed by atoms with Gasteiger partial charge in [0.15, 0.2) is 0 Å². The minimum atomic E-state index is -0.948. The van der Waals surface area contributed by atoms with Gasteiger partial charge in [0.25, 0.3) is 0 Å². The highest BCUT2D eigenvalue weighted by Crippen LogP contribution is 2.36. The number of nitrogen functional groups attached to an aromatic ring is 1. The van der Waals surface area contributed by atoms with Gasteiger partial charge in [-0.1, -0.05) is 12.1 Å². The van der Waals surface area contributed by atoms with E-state index in [1.54, 1.807) is 24.3 Å². The van der Waals surface area contributed by atoms with Crippen LogP contribution in [0.25, 0.3) is 0 Å². The van der Waals surface area contributed by atoms with Gasteiger partial charge in [-0.25, -0.2) is 13.7 Å². The van der Waals surface area contributed by atoms with Gasteiger partial charge >= 0.3 is 0 Å². The molecule has 1 aliphatic heterocycles. The number of nitrogens with zero attached hydrogens (tertiary/aromatic N) is 1. The minimum Gasteiger partial charge on any atom is -0.398 e. The van der Waals surface area contributed by atoms with Crippen LogP contribution in [0, 0.1) is 11.6 Å². The minimum absolute atomic E-state index is 0.0609. The average Bonchev–Trinajstić information content (AvgIpc) is 2.77. The van der Waals surface area contributed by atoms with Crippen LogP contribution in [-0.4, -0.2) is 17.1 Å². The Labute approximate surface area is 135 Å². The Morgan fingerprint density at radius 2 is 1.87 bits per heavy atom. The Morgan fingerprint density at radius 3 is 2.57 bits per heavy atom. The number of hydrogen-bond acceptors (Lipinski definition) is 4. The van der Waals surface area contributed by atoms with Crippen molar-refractivity contribution in [2.75, 3.05) is 10.6 Å². The average molecular weight is 334 g/mol. The van der Waals surface area contributed by atoms with Crippen LogP contribution in [0.15, 0.2) is 47.4 Å². The van der Waals surface area contributed by atoms with Crippen LogP contribution in [0.1, 0.15) is 6.42 Å². The molecule has 0 unspecified atom stereocenters. The van der Waals surface area contributed by atoms with Crippen molar-refractivity contribution in [3.63, 3.8) is 0 Å². The Kier molecular flexibility index (Phi) is 4.04. The number of anilines is 2. The van der Waals surface area contributed by atoms with Crippen LogP contribution in [0.5, 0.6) is 0 Å². The van der Waals surface area contributed by atoms with Gasteiger partial charge in [0.1, 0.15) is 11.6 Å². The van der Waals surface area contributed by atoms with Gasteiger partial charge in [-0.2, -0.15) is 0 Å². The molecule has 3 rings (SSSR count). The molecule has 2 aromatic carbocycles. The van der Waals surface area contributed by atoms with Crippen LogP contribution >= 0.6 is 11.8 Å². The van der Waals surface area contributed by atoms with E-state index in [0.29, 0.717) is 16.6 Å². The molecule has 7 heteroatoms. The molecule has 23 heavy (non-hydrogen) atoms. The van der Waals surface area contributed by atoms with Crippen LogP contribution in [0.2, 0.25) is 0 Å². The smallest absolute Gasteiger partial charge is 0.247 e. The molecular formula is C16H12F2N2O2S. The van der Waals surface area contributed by atoms with E-state index < -0.39 is 28.7 Å². The fraction of sp³-hybridized carbons (Fsp3) is 0.125. The van der Waals surface area contributed by atoms with E-state index in [1.807, 2.05) is 0 Å². The first-order valence-corrected chi connectivity index (χ1v) is 7.68. The van der Waals surface area contributed by atoms with E-state index in [0.717, 1.165) is 28.8 Å². The van der Waals surface area contributed by atoms with Crippen LogP contribution in [-0.2, 0) is 9.59 Å². The zero-order valence-corrected chi connectivity index (χ0v) is 12.6. The summed E-state index contributed by atoms with van der Waals surface area (Å²) < 4.78 is 26.8. The third-order valence-corrected chi connectivity index (χ3v) is 4.72. The Balaban J connectivity index is 1.87. The van der Waals surface area contributed by atoms with Crippen molar-refractivity contribution in [2.45, 2.75) is 16.6 Å². The molecule has 0 spiro atoms. The second-order valence-electron chi connectivity index (χ2n) is 5.01. The summed E-state index contributed by atoms with van der Waals surface area (Å²) in [5.41, 5.74) is 6.11. The number of imide groups is 1. The molecule has 2 amide bonds. The second-order valence-corrected chi connectivity index (χ2v) is 6.26. The zero-order valence-electron chi connectivity index (χ0n) is 11.8. The maximum absolute atomic E-state index is 13.9. The van der Waals surface area contributed by atoms with Crippen molar-refractivity contribution in [2.24, 2.45) is 0 Å². The third-order valence-electron chi connectivity index (χ3n) is 3.44. The molecule has 4 nitrogen and oxygen atoms in total. The zero-order chi connectivity index (χ0) is 16.6. The summed E-state index contributed by atoms with van der Waals surface area (Å²) in [7, 11) is 0. The first-order valence-electron chi connectivity index (χ1n) is 6.80. The molecule has 1 saturated heterocycles. The summed E-state index contributed by atoms with van der Waals surface area (Å²) in [5.74, 6) is -2.77. The number of thioether (sulfide) groups is 1. The quantitative estimate of drug-likeness (QED) is 0.692. The van der Waals surface area contributed by atoms with Gasteiger partial charge in [-0.3, -0.25) is 9.59 Å². The molecule has 2 aromatic rings. The number of rotatable bonds is 3. The van der Waals surface area contributed by atoms with Crippen LogP contribution < -0.4 is 10.6 Å². The molecule has 0 saturated carbocycles. The molecule has 1 heterocycles. The summed E-state index contributed by atoms with van der Waals surface area (Å²) in [5, 5.41) is -0.684.